The maximum absolute atomic E-state index is 14.4. The Kier molecular flexibility index (Phi) is 12.0. The quantitative estimate of drug-likeness (QED) is 0.346. The minimum Gasteiger partial charge on any atom is -0.444 e. The van der Waals surface area contributed by atoms with Crippen LogP contribution in [0.2, 0.25) is 0 Å². The van der Waals surface area contributed by atoms with Gasteiger partial charge in [-0.1, -0.05) is 68.8 Å². The SMILES string of the molecule is CCCC(C)NC(=O)C(c1c(C)cccc1C)N(CCC)C(=O)C(Cc1ccccc1)NC(=O)OC(C)(C)C. The van der Waals surface area contributed by atoms with Gasteiger partial charge in [0.15, 0.2) is 0 Å². The molecule has 3 amide bonds. The molecule has 2 rings (SSSR count). The molecular formula is C32H47N3O4. The van der Waals surface area contributed by atoms with Crippen molar-refractivity contribution in [3.63, 3.8) is 0 Å². The van der Waals surface area contributed by atoms with Crippen LogP contribution in [0.25, 0.3) is 0 Å². The molecule has 0 heterocycles. The van der Waals surface area contributed by atoms with E-state index in [4.69, 9.17) is 4.74 Å². The lowest BCUT2D eigenvalue weighted by Crippen LogP contribution is -2.54. The van der Waals surface area contributed by atoms with Gasteiger partial charge in [0.05, 0.1) is 0 Å². The third kappa shape index (κ3) is 9.72. The topological polar surface area (TPSA) is 87.7 Å². The van der Waals surface area contributed by atoms with E-state index in [0.717, 1.165) is 35.1 Å². The van der Waals surface area contributed by atoms with Crippen LogP contribution in [0.5, 0.6) is 0 Å². The molecule has 0 aromatic heterocycles. The zero-order chi connectivity index (χ0) is 29.2. The number of hydrogen-bond acceptors (Lipinski definition) is 4. The molecule has 0 saturated carbocycles. The Balaban J connectivity index is 2.57. The zero-order valence-electron chi connectivity index (χ0n) is 25.0. The summed E-state index contributed by atoms with van der Waals surface area (Å²) in [5.74, 6) is -0.539. The molecule has 7 heteroatoms. The van der Waals surface area contributed by atoms with Gasteiger partial charge in [0, 0.05) is 19.0 Å². The number of carbonyl (C=O) groups is 3. The normalized spacial score (nSPS) is 13.6. The number of alkyl carbamates (subject to hydrolysis) is 1. The molecule has 0 bridgehead atoms. The Morgan fingerprint density at radius 2 is 1.51 bits per heavy atom. The van der Waals surface area contributed by atoms with Gasteiger partial charge >= 0.3 is 6.09 Å². The van der Waals surface area contributed by atoms with Crippen molar-refractivity contribution in [3.05, 3.63) is 70.8 Å². The molecule has 7 nitrogen and oxygen atoms in total. The third-order valence-corrected chi connectivity index (χ3v) is 6.51. The van der Waals surface area contributed by atoms with E-state index in [1.165, 1.54) is 0 Å². The van der Waals surface area contributed by atoms with E-state index < -0.39 is 23.8 Å². The fourth-order valence-electron chi connectivity index (χ4n) is 4.82. The maximum Gasteiger partial charge on any atom is 0.408 e. The predicted molar refractivity (Wildman–Crippen MR) is 156 cm³/mol. The molecule has 0 aliphatic rings. The van der Waals surface area contributed by atoms with E-state index in [0.29, 0.717) is 13.0 Å². The summed E-state index contributed by atoms with van der Waals surface area (Å²) in [6.45, 7) is 15.7. The molecule has 0 saturated heterocycles. The molecule has 2 N–H and O–H groups in total. The Hall–Kier alpha value is -3.35. The van der Waals surface area contributed by atoms with Gasteiger partial charge in [-0.15, -0.1) is 0 Å². The molecule has 0 spiro atoms. The highest BCUT2D eigenvalue weighted by Gasteiger charge is 2.37. The summed E-state index contributed by atoms with van der Waals surface area (Å²) in [5, 5.41) is 5.96. The highest BCUT2D eigenvalue weighted by molar-refractivity contribution is 5.92. The molecule has 214 valence electrons. The van der Waals surface area contributed by atoms with E-state index >= 15 is 0 Å². The predicted octanol–water partition coefficient (Wildman–Crippen LogP) is 6.02. The summed E-state index contributed by atoms with van der Waals surface area (Å²) in [5.41, 5.74) is 2.87. The van der Waals surface area contributed by atoms with Crippen LogP contribution in [0, 0.1) is 13.8 Å². The van der Waals surface area contributed by atoms with Crippen LogP contribution in [0.1, 0.15) is 89.1 Å². The van der Waals surface area contributed by atoms with Gasteiger partial charge < -0.3 is 20.3 Å². The highest BCUT2D eigenvalue weighted by atomic mass is 16.6. The summed E-state index contributed by atoms with van der Waals surface area (Å²) >= 11 is 0. The van der Waals surface area contributed by atoms with Gasteiger partial charge in [-0.2, -0.15) is 0 Å². The lowest BCUT2D eigenvalue weighted by Gasteiger charge is -2.36. The van der Waals surface area contributed by atoms with Crippen molar-refractivity contribution in [3.8, 4) is 0 Å². The fourth-order valence-corrected chi connectivity index (χ4v) is 4.82. The average Bonchev–Trinajstić information content (AvgIpc) is 2.84. The van der Waals surface area contributed by atoms with Gasteiger partial charge in [-0.3, -0.25) is 9.59 Å². The third-order valence-electron chi connectivity index (χ3n) is 6.51. The molecule has 3 atom stereocenters. The standard InChI is InChI=1S/C32H47N3O4/c1-9-15-24(5)33-29(36)28(27-22(3)16-14-17-23(27)4)35(20-10-2)30(37)26(21-25-18-12-11-13-19-25)34-31(38)39-32(6,7)8/h11-14,16-19,24,26,28H,9-10,15,20-21H2,1-8H3,(H,33,36)(H,34,38). The van der Waals surface area contributed by atoms with Crippen LogP contribution in [-0.2, 0) is 20.7 Å². The van der Waals surface area contributed by atoms with Crippen molar-refractivity contribution in [2.75, 3.05) is 6.54 Å². The number of nitrogens with one attached hydrogen (secondary N) is 2. The Morgan fingerprint density at radius 3 is 2.05 bits per heavy atom. The number of ether oxygens (including phenoxy) is 1. The highest BCUT2D eigenvalue weighted by Crippen LogP contribution is 2.29. The molecule has 0 aliphatic carbocycles. The number of nitrogens with zero attached hydrogens (tertiary/aromatic N) is 1. The van der Waals surface area contributed by atoms with Crippen molar-refractivity contribution in [2.24, 2.45) is 0 Å². The Morgan fingerprint density at radius 1 is 0.897 bits per heavy atom. The van der Waals surface area contributed by atoms with Crippen LogP contribution in [0.4, 0.5) is 4.79 Å². The van der Waals surface area contributed by atoms with Crippen molar-refractivity contribution in [1.29, 1.82) is 0 Å². The molecule has 3 unspecified atom stereocenters. The van der Waals surface area contributed by atoms with Gasteiger partial charge in [-0.25, -0.2) is 4.79 Å². The summed E-state index contributed by atoms with van der Waals surface area (Å²) in [4.78, 5) is 42.8. The first-order valence-electron chi connectivity index (χ1n) is 14.1. The monoisotopic (exact) mass is 537 g/mol. The summed E-state index contributed by atoms with van der Waals surface area (Å²) in [6.07, 6.45) is 2.02. The number of rotatable bonds is 12. The zero-order valence-corrected chi connectivity index (χ0v) is 25.0. The number of amides is 3. The second-order valence-electron chi connectivity index (χ2n) is 11.3. The van der Waals surface area contributed by atoms with Gasteiger partial charge in [-0.05, 0) is 76.6 Å². The number of carbonyl (C=O) groups excluding carboxylic acids is 3. The van der Waals surface area contributed by atoms with E-state index in [9.17, 15) is 14.4 Å². The first-order chi connectivity index (χ1) is 18.4. The first-order valence-corrected chi connectivity index (χ1v) is 14.1. The van der Waals surface area contributed by atoms with Crippen LogP contribution in [-0.4, -0.2) is 47.0 Å². The van der Waals surface area contributed by atoms with Crippen molar-refractivity contribution in [2.45, 2.75) is 105 Å². The molecule has 0 radical (unpaired) electrons. The summed E-state index contributed by atoms with van der Waals surface area (Å²) < 4.78 is 5.51. The number of aryl methyl sites for hydroxylation is 2. The summed E-state index contributed by atoms with van der Waals surface area (Å²) in [7, 11) is 0. The largest absolute Gasteiger partial charge is 0.444 e. The minimum atomic E-state index is -0.915. The van der Waals surface area contributed by atoms with Crippen molar-refractivity contribution >= 4 is 17.9 Å². The minimum absolute atomic E-state index is 0.0343. The Labute approximate surface area is 234 Å². The summed E-state index contributed by atoms with van der Waals surface area (Å²) in [6, 6.07) is 13.6. The average molecular weight is 538 g/mol. The molecule has 0 fully saturated rings. The van der Waals surface area contributed by atoms with E-state index in [1.54, 1.807) is 25.7 Å². The second kappa shape index (κ2) is 14.7. The van der Waals surface area contributed by atoms with Crippen LogP contribution in [0.3, 0.4) is 0 Å². The molecule has 2 aromatic carbocycles. The molecule has 2 aromatic rings. The first kappa shape index (κ1) is 31.9. The Bertz CT molecular complexity index is 1070. The van der Waals surface area contributed by atoms with Gasteiger partial charge in [0.1, 0.15) is 17.7 Å². The second-order valence-corrected chi connectivity index (χ2v) is 11.3. The van der Waals surface area contributed by atoms with Gasteiger partial charge in [0.25, 0.3) is 0 Å². The van der Waals surface area contributed by atoms with E-state index in [-0.39, 0.29) is 24.3 Å². The van der Waals surface area contributed by atoms with Crippen LogP contribution >= 0.6 is 0 Å². The van der Waals surface area contributed by atoms with E-state index in [1.807, 2.05) is 76.2 Å². The van der Waals surface area contributed by atoms with Crippen LogP contribution < -0.4 is 10.6 Å². The maximum atomic E-state index is 14.4. The van der Waals surface area contributed by atoms with Gasteiger partial charge in [0.2, 0.25) is 11.8 Å². The van der Waals surface area contributed by atoms with Crippen molar-refractivity contribution < 1.29 is 19.1 Å². The number of hydrogen-bond donors (Lipinski definition) is 2. The molecule has 0 aliphatic heterocycles. The van der Waals surface area contributed by atoms with Crippen molar-refractivity contribution in [1.82, 2.24) is 15.5 Å². The lowest BCUT2D eigenvalue weighted by atomic mass is 9.92. The lowest BCUT2D eigenvalue weighted by molar-refractivity contribution is -0.142. The number of benzene rings is 2. The fraction of sp³-hybridized carbons (Fsp3) is 0.531. The molecular weight excluding hydrogens is 490 g/mol. The molecule has 39 heavy (non-hydrogen) atoms. The van der Waals surface area contributed by atoms with E-state index in [2.05, 4.69) is 17.6 Å². The smallest absolute Gasteiger partial charge is 0.408 e. The van der Waals surface area contributed by atoms with Crippen LogP contribution in [0.15, 0.2) is 48.5 Å².